The minimum Gasteiger partial charge on any atom is -0.337 e. The van der Waals surface area contributed by atoms with Crippen molar-refractivity contribution in [1.29, 1.82) is 0 Å². The zero-order chi connectivity index (χ0) is 10.3. The van der Waals surface area contributed by atoms with E-state index >= 15 is 0 Å². The summed E-state index contributed by atoms with van der Waals surface area (Å²) in [4.78, 5) is 4.34. The van der Waals surface area contributed by atoms with Gasteiger partial charge in [0.05, 0.1) is 6.04 Å². The summed E-state index contributed by atoms with van der Waals surface area (Å²) in [7, 11) is 2.04. The lowest BCUT2D eigenvalue weighted by molar-refractivity contribution is 0.470. The number of nitrogens with one attached hydrogen (secondary N) is 1. The van der Waals surface area contributed by atoms with Gasteiger partial charge in [-0.15, -0.1) is 0 Å². The van der Waals surface area contributed by atoms with Crippen LogP contribution in [0.3, 0.4) is 0 Å². The van der Waals surface area contributed by atoms with Gasteiger partial charge in [0.25, 0.3) is 0 Å². The molecular formula is C11H19N3. The molecule has 0 saturated heterocycles. The standard InChI is InChI=1S/C11H19N3/c1-8(10-12-5-6-14(10)4)13-9-7-11(9,2)3/h5-6,8-9,13H,7H2,1-4H3. The summed E-state index contributed by atoms with van der Waals surface area (Å²) in [5.41, 5.74) is 0.486. The SMILES string of the molecule is CC(NC1CC1(C)C)c1nccn1C. The van der Waals surface area contributed by atoms with Gasteiger partial charge in [-0.05, 0) is 18.8 Å². The van der Waals surface area contributed by atoms with Gasteiger partial charge in [-0.2, -0.15) is 0 Å². The summed E-state index contributed by atoms with van der Waals surface area (Å²) < 4.78 is 2.08. The van der Waals surface area contributed by atoms with E-state index in [1.54, 1.807) is 0 Å². The second-order valence-electron chi connectivity index (χ2n) is 5.03. The topological polar surface area (TPSA) is 29.9 Å². The summed E-state index contributed by atoms with van der Waals surface area (Å²) in [5, 5.41) is 3.60. The predicted molar refractivity (Wildman–Crippen MR) is 56.9 cm³/mol. The summed E-state index contributed by atoms with van der Waals surface area (Å²) in [6, 6.07) is 1.01. The molecule has 3 heteroatoms. The molecule has 1 aromatic heterocycles. The molecule has 1 heterocycles. The number of aromatic nitrogens is 2. The Balaban J connectivity index is 1.97. The Morgan fingerprint density at radius 2 is 2.29 bits per heavy atom. The van der Waals surface area contributed by atoms with Crippen molar-refractivity contribution >= 4 is 0 Å². The highest BCUT2D eigenvalue weighted by Gasteiger charge is 2.46. The second kappa shape index (κ2) is 3.09. The summed E-state index contributed by atoms with van der Waals surface area (Å²) in [6.45, 7) is 6.78. The van der Waals surface area contributed by atoms with Gasteiger partial charge in [-0.25, -0.2) is 4.98 Å². The van der Waals surface area contributed by atoms with Crippen LogP contribution in [0.25, 0.3) is 0 Å². The molecule has 1 saturated carbocycles. The van der Waals surface area contributed by atoms with Crippen molar-refractivity contribution in [3.8, 4) is 0 Å². The molecule has 0 radical (unpaired) electrons. The van der Waals surface area contributed by atoms with E-state index in [-0.39, 0.29) is 0 Å². The van der Waals surface area contributed by atoms with Gasteiger partial charge in [0.2, 0.25) is 0 Å². The number of imidazole rings is 1. The van der Waals surface area contributed by atoms with Crippen molar-refractivity contribution in [2.75, 3.05) is 0 Å². The van der Waals surface area contributed by atoms with Crippen LogP contribution in [0.15, 0.2) is 12.4 Å². The smallest absolute Gasteiger partial charge is 0.125 e. The van der Waals surface area contributed by atoms with Crippen LogP contribution in [0, 0.1) is 5.41 Å². The molecule has 0 aliphatic heterocycles. The predicted octanol–water partition coefficient (Wildman–Crippen LogP) is 1.87. The minimum absolute atomic E-state index is 0.349. The first-order chi connectivity index (χ1) is 6.50. The fraction of sp³-hybridized carbons (Fsp3) is 0.727. The van der Waals surface area contributed by atoms with Gasteiger partial charge >= 0.3 is 0 Å². The molecule has 1 aliphatic carbocycles. The zero-order valence-corrected chi connectivity index (χ0v) is 9.41. The number of hydrogen-bond acceptors (Lipinski definition) is 2. The molecule has 1 aromatic rings. The highest BCUT2D eigenvalue weighted by atomic mass is 15.1. The summed E-state index contributed by atoms with van der Waals surface area (Å²) >= 11 is 0. The average Bonchev–Trinajstić information content (AvgIpc) is 2.53. The third kappa shape index (κ3) is 1.69. The normalized spacial score (nSPS) is 26.1. The van der Waals surface area contributed by atoms with Crippen LogP contribution in [-0.2, 0) is 7.05 Å². The Morgan fingerprint density at radius 1 is 1.64 bits per heavy atom. The van der Waals surface area contributed by atoms with E-state index in [4.69, 9.17) is 0 Å². The first-order valence-corrected chi connectivity index (χ1v) is 5.24. The van der Waals surface area contributed by atoms with Gasteiger partial charge < -0.3 is 9.88 Å². The lowest BCUT2D eigenvalue weighted by atomic mass is 10.2. The van der Waals surface area contributed by atoms with E-state index < -0.39 is 0 Å². The monoisotopic (exact) mass is 193 g/mol. The molecule has 78 valence electrons. The van der Waals surface area contributed by atoms with E-state index in [2.05, 4.69) is 35.6 Å². The fourth-order valence-corrected chi connectivity index (χ4v) is 1.92. The third-order valence-corrected chi connectivity index (χ3v) is 3.21. The van der Waals surface area contributed by atoms with Crippen molar-refractivity contribution < 1.29 is 0 Å². The maximum Gasteiger partial charge on any atom is 0.125 e. The Labute approximate surface area is 85.5 Å². The maximum atomic E-state index is 4.34. The van der Waals surface area contributed by atoms with E-state index in [9.17, 15) is 0 Å². The lowest BCUT2D eigenvalue weighted by Crippen LogP contribution is -2.26. The average molecular weight is 193 g/mol. The third-order valence-electron chi connectivity index (χ3n) is 3.21. The molecule has 0 aromatic carbocycles. The Bertz CT molecular complexity index is 327. The molecule has 2 unspecified atom stereocenters. The molecular weight excluding hydrogens is 174 g/mol. The van der Waals surface area contributed by atoms with Gasteiger partial charge in [0.15, 0.2) is 0 Å². The molecule has 1 N–H and O–H groups in total. The van der Waals surface area contributed by atoms with Gasteiger partial charge in [0.1, 0.15) is 5.82 Å². The highest BCUT2D eigenvalue weighted by molar-refractivity contribution is 5.06. The van der Waals surface area contributed by atoms with E-state index in [0.717, 1.165) is 5.82 Å². The van der Waals surface area contributed by atoms with Crippen molar-refractivity contribution in [3.05, 3.63) is 18.2 Å². The van der Waals surface area contributed by atoms with Crippen LogP contribution in [0.2, 0.25) is 0 Å². The van der Waals surface area contributed by atoms with Crippen LogP contribution in [0.4, 0.5) is 0 Å². The molecule has 0 amide bonds. The number of aryl methyl sites for hydroxylation is 1. The summed E-state index contributed by atoms with van der Waals surface area (Å²) in [5.74, 6) is 1.12. The zero-order valence-electron chi connectivity index (χ0n) is 9.41. The molecule has 1 fully saturated rings. The molecule has 1 aliphatic rings. The maximum absolute atomic E-state index is 4.34. The number of hydrogen-bond donors (Lipinski definition) is 1. The van der Waals surface area contributed by atoms with Crippen LogP contribution >= 0.6 is 0 Å². The van der Waals surface area contributed by atoms with Crippen molar-refractivity contribution in [2.45, 2.75) is 39.3 Å². The minimum atomic E-state index is 0.349. The van der Waals surface area contributed by atoms with Crippen LogP contribution in [-0.4, -0.2) is 15.6 Å². The second-order valence-corrected chi connectivity index (χ2v) is 5.03. The lowest BCUT2D eigenvalue weighted by Gasteiger charge is -2.14. The Morgan fingerprint density at radius 3 is 2.71 bits per heavy atom. The molecule has 0 spiro atoms. The number of nitrogens with zero attached hydrogens (tertiary/aromatic N) is 2. The van der Waals surface area contributed by atoms with E-state index in [0.29, 0.717) is 17.5 Å². The van der Waals surface area contributed by atoms with E-state index in [1.165, 1.54) is 6.42 Å². The van der Waals surface area contributed by atoms with Crippen LogP contribution < -0.4 is 5.32 Å². The van der Waals surface area contributed by atoms with Gasteiger partial charge in [-0.1, -0.05) is 13.8 Å². The molecule has 14 heavy (non-hydrogen) atoms. The van der Waals surface area contributed by atoms with Gasteiger partial charge in [0, 0.05) is 25.5 Å². The molecule has 2 rings (SSSR count). The molecule has 0 bridgehead atoms. The molecule has 3 nitrogen and oxygen atoms in total. The van der Waals surface area contributed by atoms with Crippen molar-refractivity contribution in [3.63, 3.8) is 0 Å². The number of rotatable bonds is 3. The van der Waals surface area contributed by atoms with E-state index in [1.807, 2.05) is 19.4 Å². The quantitative estimate of drug-likeness (QED) is 0.794. The summed E-state index contributed by atoms with van der Waals surface area (Å²) in [6.07, 6.45) is 5.12. The fourth-order valence-electron chi connectivity index (χ4n) is 1.92. The Hall–Kier alpha value is -0.830. The van der Waals surface area contributed by atoms with Crippen LogP contribution in [0.5, 0.6) is 0 Å². The van der Waals surface area contributed by atoms with Crippen LogP contribution in [0.1, 0.15) is 39.1 Å². The molecule has 2 atom stereocenters. The first-order valence-electron chi connectivity index (χ1n) is 5.24. The Kier molecular flexibility index (Phi) is 2.14. The van der Waals surface area contributed by atoms with Gasteiger partial charge in [-0.3, -0.25) is 0 Å². The first kappa shape index (κ1) is 9.71. The highest BCUT2D eigenvalue weighted by Crippen LogP contribution is 2.45. The van der Waals surface area contributed by atoms with Crippen molar-refractivity contribution in [2.24, 2.45) is 12.5 Å². The van der Waals surface area contributed by atoms with Crippen molar-refractivity contribution in [1.82, 2.24) is 14.9 Å². The largest absolute Gasteiger partial charge is 0.337 e.